The molecule has 1 aliphatic rings. The Balaban J connectivity index is 2.37. The van der Waals surface area contributed by atoms with E-state index in [4.69, 9.17) is 0 Å². The van der Waals surface area contributed by atoms with Gasteiger partial charge in [0, 0.05) is 5.41 Å². The molecule has 70 valence electrons. The Labute approximate surface area is 75.5 Å². The zero-order chi connectivity index (χ0) is 9.41. The van der Waals surface area contributed by atoms with Crippen LogP contribution in [0.5, 0.6) is 0 Å². The second-order valence-corrected chi connectivity index (χ2v) is 5.40. The Morgan fingerprint density at radius 3 is 2.08 bits per heavy atom. The molecule has 0 aromatic carbocycles. The number of rotatable bonds is 3. The van der Waals surface area contributed by atoms with Crippen LogP contribution in [0, 0.1) is 10.8 Å². The van der Waals surface area contributed by atoms with Gasteiger partial charge in [0.1, 0.15) is 5.78 Å². The molecule has 1 nitrogen and oxygen atoms in total. The summed E-state index contributed by atoms with van der Waals surface area (Å²) in [6.07, 6.45) is 4.55. The van der Waals surface area contributed by atoms with Crippen molar-refractivity contribution in [1.82, 2.24) is 0 Å². The maximum absolute atomic E-state index is 11.2. The SMILES string of the molecule is CC(=O)C1(CCC(C)(C)C)CC1. The zero-order valence-corrected chi connectivity index (χ0v) is 8.74. The number of carbonyl (C=O) groups excluding carboxylic acids is 1. The third-order valence-electron chi connectivity index (χ3n) is 2.95. The largest absolute Gasteiger partial charge is 0.299 e. The van der Waals surface area contributed by atoms with Crippen LogP contribution in [0.25, 0.3) is 0 Å². The van der Waals surface area contributed by atoms with Gasteiger partial charge in [-0.2, -0.15) is 0 Å². The molecule has 0 amide bonds. The van der Waals surface area contributed by atoms with E-state index in [1.165, 1.54) is 6.42 Å². The van der Waals surface area contributed by atoms with Crippen LogP contribution >= 0.6 is 0 Å². The molecular formula is C11H20O. The lowest BCUT2D eigenvalue weighted by Crippen LogP contribution is -2.15. The fraction of sp³-hybridized carbons (Fsp3) is 0.909. The van der Waals surface area contributed by atoms with E-state index in [0.29, 0.717) is 11.2 Å². The van der Waals surface area contributed by atoms with Gasteiger partial charge in [-0.1, -0.05) is 20.8 Å². The second-order valence-electron chi connectivity index (χ2n) is 5.40. The molecule has 1 rings (SSSR count). The van der Waals surface area contributed by atoms with Crippen LogP contribution in [0.3, 0.4) is 0 Å². The van der Waals surface area contributed by atoms with Crippen molar-refractivity contribution >= 4 is 5.78 Å². The van der Waals surface area contributed by atoms with E-state index in [2.05, 4.69) is 20.8 Å². The first kappa shape index (κ1) is 9.76. The van der Waals surface area contributed by atoms with Gasteiger partial charge in [0.25, 0.3) is 0 Å². The van der Waals surface area contributed by atoms with Gasteiger partial charge in [0.2, 0.25) is 0 Å². The van der Waals surface area contributed by atoms with Crippen LogP contribution in [-0.2, 0) is 4.79 Å². The van der Waals surface area contributed by atoms with Crippen LogP contribution in [0.15, 0.2) is 0 Å². The number of hydrogen-bond acceptors (Lipinski definition) is 1. The Kier molecular flexibility index (Phi) is 2.33. The topological polar surface area (TPSA) is 17.1 Å². The van der Waals surface area contributed by atoms with Crippen molar-refractivity contribution in [1.29, 1.82) is 0 Å². The van der Waals surface area contributed by atoms with Crippen LogP contribution in [0.1, 0.15) is 53.4 Å². The maximum Gasteiger partial charge on any atom is 0.135 e. The molecule has 0 bridgehead atoms. The van der Waals surface area contributed by atoms with Gasteiger partial charge in [0.05, 0.1) is 0 Å². The predicted octanol–water partition coefficient (Wildman–Crippen LogP) is 3.18. The quantitative estimate of drug-likeness (QED) is 0.632. The Morgan fingerprint density at radius 2 is 1.83 bits per heavy atom. The third-order valence-corrected chi connectivity index (χ3v) is 2.95. The average Bonchev–Trinajstić information content (AvgIpc) is 2.61. The summed E-state index contributed by atoms with van der Waals surface area (Å²) in [7, 11) is 0. The molecule has 0 aromatic heterocycles. The number of carbonyl (C=O) groups is 1. The fourth-order valence-electron chi connectivity index (χ4n) is 1.54. The van der Waals surface area contributed by atoms with Crippen molar-refractivity contribution in [3.05, 3.63) is 0 Å². The van der Waals surface area contributed by atoms with Gasteiger partial charge in [-0.05, 0) is 38.0 Å². The van der Waals surface area contributed by atoms with Crippen molar-refractivity contribution in [3.8, 4) is 0 Å². The molecule has 0 saturated heterocycles. The standard InChI is InChI=1S/C11H20O/c1-9(12)11(7-8-11)6-5-10(2,3)4/h5-8H2,1-4H3. The minimum atomic E-state index is 0.118. The minimum absolute atomic E-state index is 0.118. The Hall–Kier alpha value is -0.330. The Bertz CT molecular complexity index is 182. The molecule has 1 heteroatoms. The summed E-state index contributed by atoms with van der Waals surface area (Å²) < 4.78 is 0. The van der Waals surface area contributed by atoms with Crippen molar-refractivity contribution in [2.45, 2.75) is 53.4 Å². The van der Waals surface area contributed by atoms with Crippen molar-refractivity contribution in [2.24, 2.45) is 10.8 Å². The number of Topliss-reactive ketones (excluding diaryl/α,β-unsaturated/α-hetero) is 1. The molecule has 0 spiro atoms. The lowest BCUT2D eigenvalue weighted by Gasteiger charge is -2.21. The monoisotopic (exact) mass is 168 g/mol. The van der Waals surface area contributed by atoms with E-state index in [1.807, 2.05) is 0 Å². The first-order valence-corrected chi connectivity index (χ1v) is 4.87. The van der Waals surface area contributed by atoms with Gasteiger partial charge in [-0.25, -0.2) is 0 Å². The molecule has 0 radical (unpaired) electrons. The van der Waals surface area contributed by atoms with Crippen LogP contribution < -0.4 is 0 Å². The zero-order valence-electron chi connectivity index (χ0n) is 8.74. The van der Waals surface area contributed by atoms with Crippen molar-refractivity contribution < 1.29 is 4.79 Å². The Morgan fingerprint density at radius 1 is 1.33 bits per heavy atom. The lowest BCUT2D eigenvalue weighted by molar-refractivity contribution is -0.122. The van der Waals surface area contributed by atoms with E-state index in [9.17, 15) is 4.79 Å². The van der Waals surface area contributed by atoms with Crippen molar-refractivity contribution in [2.75, 3.05) is 0 Å². The highest BCUT2D eigenvalue weighted by Crippen LogP contribution is 2.51. The lowest BCUT2D eigenvalue weighted by atomic mass is 9.84. The normalized spacial score (nSPS) is 20.7. The second kappa shape index (κ2) is 2.86. The highest BCUT2D eigenvalue weighted by atomic mass is 16.1. The van der Waals surface area contributed by atoms with Gasteiger partial charge in [-0.15, -0.1) is 0 Å². The third kappa shape index (κ3) is 2.33. The fourth-order valence-corrected chi connectivity index (χ4v) is 1.54. The molecule has 0 unspecified atom stereocenters. The maximum atomic E-state index is 11.2. The molecule has 0 aliphatic heterocycles. The summed E-state index contributed by atoms with van der Waals surface area (Å²) >= 11 is 0. The van der Waals surface area contributed by atoms with E-state index in [-0.39, 0.29) is 5.41 Å². The predicted molar refractivity (Wildman–Crippen MR) is 51.0 cm³/mol. The molecule has 1 aliphatic carbocycles. The molecule has 12 heavy (non-hydrogen) atoms. The summed E-state index contributed by atoms with van der Waals surface area (Å²) in [5.41, 5.74) is 0.498. The van der Waals surface area contributed by atoms with E-state index < -0.39 is 0 Å². The smallest absolute Gasteiger partial charge is 0.135 e. The van der Waals surface area contributed by atoms with E-state index >= 15 is 0 Å². The van der Waals surface area contributed by atoms with Gasteiger partial charge in [0.15, 0.2) is 0 Å². The highest BCUT2D eigenvalue weighted by molar-refractivity contribution is 5.84. The summed E-state index contributed by atoms with van der Waals surface area (Å²) in [5, 5.41) is 0. The molecule has 0 aromatic rings. The molecular weight excluding hydrogens is 148 g/mol. The van der Waals surface area contributed by atoms with E-state index in [1.54, 1.807) is 6.92 Å². The van der Waals surface area contributed by atoms with Gasteiger partial charge >= 0.3 is 0 Å². The van der Waals surface area contributed by atoms with Gasteiger partial charge < -0.3 is 0 Å². The number of hydrogen-bond donors (Lipinski definition) is 0. The summed E-state index contributed by atoms with van der Waals surface area (Å²) in [4.78, 5) is 11.2. The molecule has 0 N–H and O–H groups in total. The molecule has 0 heterocycles. The van der Waals surface area contributed by atoms with Crippen LogP contribution in [0.4, 0.5) is 0 Å². The average molecular weight is 168 g/mol. The first-order chi connectivity index (χ1) is 5.36. The van der Waals surface area contributed by atoms with E-state index in [0.717, 1.165) is 19.3 Å². The summed E-state index contributed by atoms with van der Waals surface area (Å²) in [6.45, 7) is 8.46. The van der Waals surface area contributed by atoms with Crippen molar-refractivity contribution in [3.63, 3.8) is 0 Å². The summed E-state index contributed by atoms with van der Waals surface area (Å²) in [6, 6.07) is 0. The number of ketones is 1. The molecule has 0 atom stereocenters. The summed E-state index contributed by atoms with van der Waals surface area (Å²) in [5.74, 6) is 0.409. The highest BCUT2D eigenvalue weighted by Gasteiger charge is 2.46. The van der Waals surface area contributed by atoms with Gasteiger partial charge in [-0.3, -0.25) is 4.79 Å². The first-order valence-electron chi connectivity index (χ1n) is 4.87. The van der Waals surface area contributed by atoms with Crippen LogP contribution in [-0.4, -0.2) is 5.78 Å². The molecule has 1 fully saturated rings. The minimum Gasteiger partial charge on any atom is -0.299 e. The molecule has 1 saturated carbocycles. The van der Waals surface area contributed by atoms with Crippen LogP contribution in [0.2, 0.25) is 0 Å².